The molecule has 0 rings (SSSR count). The maximum atomic E-state index is 12.6. The molecule has 0 aliphatic rings. The van der Waals surface area contributed by atoms with E-state index in [1.807, 2.05) is 0 Å². The van der Waals surface area contributed by atoms with Crippen molar-refractivity contribution in [1.29, 1.82) is 0 Å². The van der Waals surface area contributed by atoms with Crippen molar-refractivity contribution in [2.75, 3.05) is 0 Å². The normalized spacial score (nSPS) is 12.1. The molecule has 0 fully saturated rings. The number of carbonyl (C=O) groups excluding carboxylic acids is 1. The Balaban J connectivity index is 4.10. The first-order valence-corrected chi connectivity index (χ1v) is 23.4. The maximum absolute atomic E-state index is 12.6. The van der Waals surface area contributed by atoms with Gasteiger partial charge in [-0.1, -0.05) is 266 Å². The molecule has 294 valence electrons. The molecular weight excluding hydrogens is 593 g/mol. The van der Waals surface area contributed by atoms with Gasteiger partial charge in [-0.3, -0.25) is 0 Å². The lowest BCUT2D eigenvalue weighted by atomic mass is 9.75. The van der Waals surface area contributed by atoms with Crippen molar-refractivity contribution < 1.29 is 4.79 Å². The van der Waals surface area contributed by atoms with Crippen molar-refractivity contribution in [3.8, 4) is 0 Å². The number of rotatable bonds is 42. The molecular formula is C48H96O. The van der Waals surface area contributed by atoms with Crippen LogP contribution in [0.1, 0.15) is 285 Å². The van der Waals surface area contributed by atoms with Crippen LogP contribution in [0.25, 0.3) is 0 Å². The zero-order valence-corrected chi connectivity index (χ0v) is 35.2. The minimum Gasteiger partial charge on any atom is -0.303 e. The molecule has 0 radical (unpaired) electrons. The predicted octanol–water partition coefficient (Wildman–Crippen LogP) is 17.7. The summed E-state index contributed by atoms with van der Waals surface area (Å²) in [6.45, 7) is 11.7. The van der Waals surface area contributed by atoms with Gasteiger partial charge >= 0.3 is 0 Å². The van der Waals surface area contributed by atoms with Gasteiger partial charge in [0.1, 0.15) is 6.29 Å². The van der Waals surface area contributed by atoms with E-state index < -0.39 is 0 Å². The first-order valence-electron chi connectivity index (χ1n) is 23.4. The Bertz CT molecular complexity index is 583. The van der Waals surface area contributed by atoms with Crippen LogP contribution in [-0.2, 0) is 4.79 Å². The Morgan fingerprint density at radius 1 is 0.327 bits per heavy atom. The summed E-state index contributed by atoms with van der Waals surface area (Å²) < 4.78 is 0. The molecule has 0 unspecified atom stereocenters. The maximum Gasteiger partial charge on any atom is 0.126 e. The molecule has 0 aliphatic heterocycles. The number of hydrogen-bond donors (Lipinski definition) is 0. The largest absolute Gasteiger partial charge is 0.303 e. The van der Waals surface area contributed by atoms with Crippen molar-refractivity contribution in [1.82, 2.24) is 0 Å². The molecule has 0 saturated heterocycles. The zero-order chi connectivity index (χ0) is 35.9. The molecule has 0 N–H and O–H groups in total. The van der Waals surface area contributed by atoms with E-state index in [1.165, 1.54) is 237 Å². The molecule has 0 atom stereocenters. The fourth-order valence-corrected chi connectivity index (χ4v) is 8.11. The highest BCUT2D eigenvalue weighted by Crippen LogP contribution is 2.36. The summed E-state index contributed by atoms with van der Waals surface area (Å²) in [6.07, 6.45) is 55.3. The molecule has 1 heteroatoms. The van der Waals surface area contributed by atoms with Gasteiger partial charge in [0.2, 0.25) is 0 Å². The van der Waals surface area contributed by atoms with Crippen molar-refractivity contribution in [2.45, 2.75) is 285 Å². The Morgan fingerprint density at radius 3 is 0.735 bits per heavy atom. The van der Waals surface area contributed by atoms with E-state index in [1.54, 1.807) is 0 Å². The van der Waals surface area contributed by atoms with Crippen LogP contribution in [0.3, 0.4) is 0 Å². The Kier molecular flexibility index (Phi) is 38.6. The lowest BCUT2D eigenvalue weighted by molar-refractivity contribution is -0.117. The van der Waals surface area contributed by atoms with E-state index in [9.17, 15) is 4.79 Å². The molecule has 0 spiro atoms. The fraction of sp³-hybridized carbons (Fsp3) is 0.979. The molecule has 0 aromatic heterocycles. The van der Waals surface area contributed by atoms with Gasteiger partial charge in [-0.05, 0) is 31.1 Å². The highest BCUT2D eigenvalue weighted by molar-refractivity contribution is 5.59. The van der Waals surface area contributed by atoms with Crippen LogP contribution in [0.15, 0.2) is 0 Å². The van der Waals surface area contributed by atoms with Gasteiger partial charge in [-0.2, -0.15) is 0 Å². The molecule has 49 heavy (non-hydrogen) atoms. The number of hydrogen-bond acceptors (Lipinski definition) is 1. The van der Waals surface area contributed by atoms with Crippen molar-refractivity contribution in [3.63, 3.8) is 0 Å². The van der Waals surface area contributed by atoms with Gasteiger partial charge in [0.25, 0.3) is 0 Å². The number of aldehydes is 1. The monoisotopic (exact) mass is 689 g/mol. The average molecular weight is 689 g/mol. The molecule has 0 aliphatic carbocycles. The third-order valence-electron chi connectivity index (χ3n) is 11.7. The highest BCUT2D eigenvalue weighted by Gasteiger charge is 2.28. The third kappa shape index (κ3) is 37.2. The van der Waals surface area contributed by atoms with Crippen LogP contribution in [0, 0.1) is 17.3 Å². The molecule has 0 heterocycles. The van der Waals surface area contributed by atoms with Crippen molar-refractivity contribution >= 4 is 6.29 Å². The lowest BCUT2D eigenvalue weighted by Gasteiger charge is -2.28. The Morgan fingerprint density at radius 2 is 0.531 bits per heavy atom. The second-order valence-electron chi connectivity index (χ2n) is 17.8. The second-order valence-corrected chi connectivity index (χ2v) is 17.8. The summed E-state index contributed by atoms with van der Waals surface area (Å²) in [5.74, 6) is 1.75. The van der Waals surface area contributed by atoms with Crippen LogP contribution in [0.2, 0.25) is 0 Å². The molecule has 1 nitrogen and oxygen atoms in total. The van der Waals surface area contributed by atoms with Gasteiger partial charge in [-0.25, -0.2) is 0 Å². The Labute approximate surface area is 312 Å². The van der Waals surface area contributed by atoms with E-state index in [0.717, 1.165) is 31.1 Å². The molecule has 0 bridgehead atoms. The Hall–Kier alpha value is -0.330. The van der Waals surface area contributed by atoms with Gasteiger partial charge in [0, 0.05) is 5.41 Å². The van der Waals surface area contributed by atoms with E-state index >= 15 is 0 Å². The summed E-state index contributed by atoms with van der Waals surface area (Å²) in [7, 11) is 0. The quantitative estimate of drug-likeness (QED) is 0.0461. The third-order valence-corrected chi connectivity index (χ3v) is 11.7. The molecule has 0 aromatic rings. The van der Waals surface area contributed by atoms with Gasteiger partial charge in [0.05, 0.1) is 0 Å². The minimum atomic E-state index is -0.0220. The van der Waals surface area contributed by atoms with Crippen LogP contribution >= 0.6 is 0 Å². The second kappa shape index (κ2) is 38.9. The summed E-state index contributed by atoms with van der Waals surface area (Å²) in [5.41, 5.74) is -0.0220. The van der Waals surface area contributed by atoms with Crippen LogP contribution < -0.4 is 0 Å². The summed E-state index contributed by atoms with van der Waals surface area (Å²) in [5, 5.41) is 0. The van der Waals surface area contributed by atoms with E-state index in [4.69, 9.17) is 0 Å². The topological polar surface area (TPSA) is 17.1 Å². The van der Waals surface area contributed by atoms with Crippen molar-refractivity contribution in [2.24, 2.45) is 17.3 Å². The number of carbonyl (C=O) groups is 1. The van der Waals surface area contributed by atoms with Crippen LogP contribution in [-0.4, -0.2) is 6.29 Å². The predicted molar refractivity (Wildman–Crippen MR) is 224 cm³/mol. The molecule has 0 aromatic carbocycles. The van der Waals surface area contributed by atoms with E-state index in [0.29, 0.717) is 0 Å². The van der Waals surface area contributed by atoms with Gasteiger partial charge in [-0.15, -0.1) is 0 Å². The fourth-order valence-electron chi connectivity index (χ4n) is 8.11. The molecule has 0 amide bonds. The zero-order valence-electron chi connectivity index (χ0n) is 35.2. The highest BCUT2D eigenvalue weighted by atomic mass is 16.1. The van der Waals surface area contributed by atoms with Crippen LogP contribution in [0.4, 0.5) is 0 Å². The van der Waals surface area contributed by atoms with E-state index in [-0.39, 0.29) is 5.41 Å². The summed E-state index contributed by atoms with van der Waals surface area (Å²) in [4.78, 5) is 12.6. The van der Waals surface area contributed by atoms with Gasteiger partial charge in [0.15, 0.2) is 0 Å². The van der Waals surface area contributed by atoms with Crippen molar-refractivity contribution in [3.05, 3.63) is 0 Å². The first-order chi connectivity index (χ1) is 24.0. The lowest BCUT2D eigenvalue weighted by Crippen LogP contribution is -2.23. The van der Waals surface area contributed by atoms with E-state index in [2.05, 4.69) is 34.6 Å². The summed E-state index contributed by atoms with van der Waals surface area (Å²) >= 11 is 0. The first kappa shape index (κ1) is 48.7. The smallest absolute Gasteiger partial charge is 0.126 e. The SMILES string of the molecule is CCCCCCCCCCC(C=O)(CCCCCCCCCCCCCCCC(C)C)CCCCCCCCCCCCCCCC(C)C. The molecule has 0 saturated carbocycles. The number of unbranched alkanes of at least 4 members (excludes halogenated alkanes) is 31. The standard InChI is InChI=1S/C48H96O/c1-6-7-8-9-10-27-32-37-42-48(45-49,43-38-33-28-23-19-15-11-13-17-21-25-30-35-40-46(2)3)44-39-34-29-24-20-16-12-14-18-22-26-31-36-41-47(4)5/h45-47H,6-44H2,1-5H3. The minimum absolute atomic E-state index is 0.0220. The summed E-state index contributed by atoms with van der Waals surface area (Å²) in [6, 6.07) is 0. The average Bonchev–Trinajstić information content (AvgIpc) is 3.08. The van der Waals surface area contributed by atoms with Gasteiger partial charge < -0.3 is 4.79 Å². The van der Waals surface area contributed by atoms with Crippen LogP contribution in [0.5, 0.6) is 0 Å².